The second-order valence-electron chi connectivity index (χ2n) is 7.06. The number of aryl methyl sites for hydroxylation is 1. The van der Waals surface area contributed by atoms with Gasteiger partial charge in [-0.3, -0.25) is 15.0 Å². The van der Waals surface area contributed by atoms with Crippen LogP contribution in [0.15, 0.2) is 71.2 Å². The highest BCUT2D eigenvalue weighted by atomic mass is 16.6. The summed E-state index contributed by atoms with van der Waals surface area (Å²) in [6.45, 7) is 1.52. The fourth-order valence-corrected chi connectivity index (χ4v) is 3.77. The van der Waals surface area contributed by atoms with Crippen LogP contribution in [0.4, 0.5) is 11.4 Å². The van der Waals surface area contributed by atoms with E-state index in [1.54, 1.807) is 30.3 Å². The molecule has 0 aromatic heterocycles. The van der Waals surface area contributed by atoms with Gasteiger partial charge in [-0.05, 0) is 24.6 Å². The van der Waals surface area contributed by atoms with Gasteiger partial charge in [0.05, 0.1) is 42.3 Å². The van der Waals surface area contributed by atoms with E-state index < -0.39 is 22.8 Å². The Labute approximate surface area is 189 Å². The number of allylic oxidation sites excluding steroid dienone is 1. The van der Waals surface area contributed by atoms with Crippen LogP contribution < -0.4 is 10.6 Å². The molecule has 10 heteroatoms. The zero-order chi connectivity index (χ0) is 24.3. The Balaban J connectivity index is 2.40. The van der Waals surface area contributed by atoms with Crippen molar-refractivity contribution in [3.8, 4) is 6.07 Å². The molecule has 168 valence electrons. The molecule has 0 amide bonds. The highest BCUT2D eigenvalue weighted by Crippen LogP contribution is 2.43. The van der Waals surface area contributed by atoms with Gasteiger partial charge < -0.3 is 15.2 Å². The van der Waals surface area contributed by atoms with Crippen LogP contribution >= 0.6 is 0 Å². The summed E-state index contributed by atoms with van der Waals surface area (Å²) < 4.78 is 9.90. The Bertz CT molecular complexity index is 1240. The maximum atomic E-state index is 13.0. The summed E-state index contributed by atoms with van der Waals surface area (Å²) in [5.74, 6) is -2.86. The number of nitro benzene ring substituents is 1. The number of nitrogens with zero attached hydrogens (tertiary/aromatic N) is 3. The van der Waals surface area contributed by atoms with E-state index in [1.807, 2.05) is 6.07 Å². The van der Waals surface area contributed by atoms with Crippen molar-refractivity contribution in [3.63, 3.8) is 0 Å². The predicted molar refractivity (Wildman–Crippen MR) is 117 cm³/mol. The third kappa shape index (κ3) is 3.99. The fraction of sp³-hybridized carbons (Fsp3) is 0.174. The van der Waals surface area contributed by atoms with Crippen molar-refractivity contribution in [1.29, 1.82) is 5.26 Å². The Hall–Kier alpha value is -4.65. The molecule has 0 radical (unpaired) electrons. The van der Waals surface area contributed by atoms with Crippen LogP contribution in [0.3, 0.4) is 0 Å². The van der Waals surface area contributed by atoms with Gasteiger partial charge in [-0.15, -0.1) is 0 Å². The van der Waals surface area contributed by atoms with E-state index in [9.17, 15) is 25.0 Å². The number of ether oxygens (including phenoxy) is 2. The summed E-state index contributed by atoms with van der Waals surface area (Å²) in [7, 11) is 2.29. The zero-order valence-electron chi connectivity index (χ0n) is 18.1. The Morgan fingerprint density at radius 1 is 1.12 bits per heavy atom. The lowest BCUT2D eigenvalue weighted by Crippen LogP contribution is -2.40. The van der Waals surface area contributed by atoms with Crippen molar-refractivity contribution >= 4 is 23.3 Å². The highest BCUT2D eigenvalue weighted by Gasteiger charge is 2.43. The Kier molecular flexibility index (Phi) is 6.44. The standard InChI is InChI=1S/C23H20N4O6/c1-13-11-15(9-10-17(13)27(30)31)26-20(23(29)33-3)19(22(28)32-2)18(16(12-24)21(26)25)14-7-5-4-6-8-14/h4-11,18H,25H2,1-3H3. The lowest BCUT2D eigenvalue weighted by Gasteiger charge is -2.36. The van der Waals surface area contributed by atoms with Gasteiger partial charge in [-0.2, -0.15) is 5.26 Å². The topological polar surface area (TPSA) is 149 Å². The first-order valence-electron chi connectivity index (χ1n) is 9.67. The average molecular weight is 448 g/mol. The van der Waals surface area contributed by atoms with Crippen LogP contribution in [-0.2, 0) is 19.1 Å². The third-order valence-electron chi connectivity index (χ3n) is 5.25. The number of nitrogens with two attached hydrogens (primary N) is 1. The number of hydrogen-bond acceptors (Lipinski definition) is 9. The van der Waals surface area contributed by atoms with Crippen LogP contribution in [0.2, 0.25) is 0 Å². The van der Waals surface area contributed by atoms with Gasteiger partial charge in [0.25, 0.3) is 5.69 Å². The maximum Gasteiger partial charge on any atom is 0.355 e. The largest absolute Gasteiger partial charge is 0.466 e. The molecule has 0 aliphatic carbocycles. The average Bonchev–Trinajstić information content (AvgIpc) is 2.82. The number of nitriles is 1. The molecular weight excluding hydrogens is 428 g/mol. The van der Waals surface area contributed by atoms with Crippen LogP contribution in [0, 0.1) is 28.4 Å². The van der Waals surface area contributed by atoms with Crippen LogP contribution in [0.25, 0.3) is 0 Å². The summed E-state index contributed by atoms with van der Waals surface area (Å²) in [5.41, 5.74) is 6.92. The molecule has 0 fully saturated rings. The van der Waals surface area contributed by atoms with Crippen LogP contribution in [0.1, 0.15) is 17.0 Å². The number of anilines is 1. The molecule has 0 spiro atoms. The quantitative estimate of drug-likeness (QED) is 0.414. The number of nitro groups is 1. The van der Waals surface area contributed by atoms with E-state index in [1.165, 1.54) is 30.0 Å². The number of carbonyl (C=O) groups excluding carboxylic acids is 2. The summed E-state index contributed by atoms with van der Waals surface area (Å²) in [6, 6.07) is 14.7. The minimum absolute atomic E-state index is 0.00487. The van der Waals surface area contributed by atoms with Gasteiger partial charge in [-0.1, -0.05) is 30.3 Å². The molecule has 1 aliphatic heterocycles. The minimum Gasteiger partial charge on any atom is -0.466 e. The molecule has 1 atom stereocenters. The first-order valence-corrected chi connectivity index (χ1v) is 9.67. The van der Waals surface area contributed by atoms with E-state index >= 15 is 0 Å². The molecule has 1 unspecified atom stereocenters. The van der Waals surface area contributed by atoms with Crippen molar-refractivity contribution in [1.82, 2.24) is 0 Å². The molecule has 33 heavy (non-hydrogen) atoms. The third-order valence-corrected chi connectivity index (χ3v) is 5.25. The predicted octanol–water partition coefficient (Wildman–Crippen LogP) is 2.80. The summed E-state index contributed by atoms with van der Waals surface area (Å²) in [4.78, 5) is 37.8. The van der Waals surface area contributed by atoms with E-state index in [0.717, 1.165) is 14.2 Å². The Morgan fingerprint density at radius 2 is 1.76 bits per heavy atom. The second-order valence-corrected chi connectivity index (χ2v) is 7.06. The first kappa shape index (κ1) is 23.0. The fourth-order valence-electron chi connectivity index (χ4n) is 3.77. The number of rotatable bonds is 5. The molecule has 1 aliphatic rings. The monoisotopic (exact) mass is 448 g/mol. The number of carbonyl (C=O) groups is 2. The lowest BCUT2D eigenvalue weighted by atomic mass is 9.81. The number of benzene rings is 2. The maximum absolute atomic E-state index is 13.0. The number of esters is 2. The molecule has 0 bridgehead atoms. The minimum atomic E-state index is -0.992. The first-order chi connectivity index (χ1) is 15.8. The zero-order valence-corrected chi connectivity index (χ0v) is 18.1. The number of methoxy groups -OCH3 is 2. The Morgan fingerprint density at radius 3 is 2.27 bits per heavy atom. The molecule has 2 aromatic carbocycles. The molecule has 3 rings (SSSR count). The highest BCUT2D eigenvalue weighted by molar-refractivity contribution is 6.06. The van der Waals surface area contributed by atoms with Crippen molar-refractivity contribution < 1.29 is 24.0 Å². The van der Waals surface area contributed by atoms with Crippen LogP contribution in [-0.4, -0.2) is 31.1 Å². The molecule has 0 saturated carbocycles. The van der Waals surface area contributed by atoms with E-state index in [0.29, 0.717) is 5.56 Å². The summed E-state index contributed by atoms with van der Waals surface area (Å²) >= 11 is 0. The second kappa shape index (κ2) is 9.23. The van der Waals surface area contributed by atoms with E-state index in [2.05, 4.69) is 0 Å². The SMILES string of the molecule is COC(=O)C1=C(C(=O)OC)N(c2ccc([N+](=O)[O-])c(C)c2)C(N)=C(C#N)C1c1ccccc1. The van der Waals surface area contributed by atoms with Crippen molar-refractivity contribution in [2.75, 3.05) is 19.1 Å². The van der Waals surface area contributed by atoms with Gasteiger partial charge in [0.2, 0.25) is 0 Å². The van der Waals surface area contributed by atoms with E-state index in [4.69, 9.17) is 15.2 Å². The van der Waals surface area contributed by atoms with Gasteiger partial charge in [0.15, 0.2) is 0 Å². The van der Waals surface area contributed by atoms with Crippen molar-refractivity contribution in [2.45, 2.75) is 12.8 Å². The van der Waals surface area contributed by atoms with Gasteiger partial charge >= 0.3 is 11.9 Å². The molecule has 2 N–H and O–H groups in total. The van der Waals surface area contributed by atoms with Crippen molar-refractivity contribution in [3.05, 3.63) is 92.4 Å². The summed E-state index contributed by atoms with van der Waals surface area (Å²) in [5, 5.41) is 21.2. The molecule has 2 aromatic rings. The van der Waals surface area contributed by atoms with Gasteiger partial charge in [-0.25, -0.2) is 9.59 Å². The van der Waals surface area contributed by atoms with Crippen LogP contribution in [0.5, 0.6) is 0 Å². The number of hydrogen-bond donors (Lipinski definition) is 1. The normalized spacial score (nSPS) is 15.7. The lowest BCUT2D eigenvalue weighted by molar-refractivity contribution is -0.385. The summed E-state index contributed by atoms with van der Waals surface area (Å²) in [6.07, 6.45) is 0. The molecule has 0 saturated heterocycles. The molecule has 10 nitrogen and oxygen atoms in total. The smallest absolute Gasteiger partial charge is 0.355 e. The molecular formula is C23H20N4O6. The van der Waals surface area contributed by atoms with E-state index in [-0.39, 0.29) is 39.6 Å². The van der Waals surface area contributed by atoms with Gasteiger partial charge in [0.1, 0.15) is 11.5 Å². The van der Waals surface area contributed by atoms with Crippen molar-refractivity contribution in [2.24, 2.45) is 5.73 Å². The molecule has 1 heterocycles. The van der Waals surface area contributed by atoms with Gasteiger partial charge in [0, 0.05) is 17.3 Å².